The molecular formula is C16H21FN4O2. The maximum absolute atomic E-state index is 13.1. The smallest absolute Gasteiger partial charge is 0.238 e. The van der Waals surface area contributed by atoms with Crippen LogP contribution in [0, 0.1) is 12.7 Å². The molecule has 1 amide bonds. The molecule has 0 unspecified atom stereocenters. The molecule has 0 fully saturated rings. The second kappa shape index (κ2) is 7.85. The highest BCUT2D eigenvalue weighted by Crippen LogP contribution is 2.15. The SMILES string of the molecule is Cc1cc(F)ccc1NC(=O)CN(CCO)Cc1nccn1C. The minimum Gasteiger partial charge on any atom is -0.395 e. The maximum Gasteiger partial charge on any atom is 0.238 e. The van der Waals surface area contributed by atoms with Gasteiger partial charge in [-0.05, 0) is 30.7 Å². The molecule has 0 atom stereocenters. The summed E-state index contributed by atoms with van der Waals surface area (Å²) in [5.74, 6) is 0.253. The van der Waals surface area contributed by atoms with Gasteiger partial charge in [0.05, 0.1) is 19.7 Å². The van der Waals surface area contributed by atoms with Crippen LogP contribution >= 0.6 is 0 Å². The number of nitrogens with one attached hydrogen (secondary N) is 1. The lowest BCUT2D eigenvalue weighted by Gasteiger charge is -2.20. The molecule has 124 valence electrons. The molecule has 0 aliphatic heterocycles. The first kappa shape index (κ1) is 17.1. The van der Waals surface area contributed by atoms with Gasteiger partial charge in [0.1, 0.15) is 11.6 Å². The second-order valence-electron chi connectivity index (χ2n) is 5.40. The Kier molecular flexibility index (Phi) is 5.84. The van der Waals surface area contributed by atoms with E-state index >= 15 is 0 Å². The van der Waals surface area contributed by atoms with Gasteiger partial charge >= 0.3 is 0 Å². The first-order chi connectivity index (χ1) is 11.0. The summed E-state index contributed by atoms with van der Waals surface area (Å²) in [6, 6.07) is 4.22. The first-order valence-corrected chi connectivity index (χ1v) is 7.35. The van der Waals surface area contributed by atoms with Gasteiger partial charge in [-0.3, -0.25) is 9.69 Å². The van der Waals surface area contributed by atoms with E-state index in [1.165, 1.54) is 18.2 Å². The zero-order valence-electron chi connectivity index (χ0n) is 13.3. The number of halogens is 1. The van der Waals surface area contributed by atoms with E-state index in [1.807, 2.05) is 17.8 Å². The predicted octanol–water partition coefficient (Wildman–Crippen LogP) is 1.30. The van der Waals surface area contributed by atoms with Crippen molar-refractivity contribution in [1.29, 1.82) is 0 Å². The van der Waals surface area contributed by atoms with Crippen molar-refractivity contribution < 1.29 is 14.3 Å². The van der Waals surface area contributed by atoms with Crippen molar-refractivity contribution in [3.8, 4) is 0 Å². The van der Waals surface area contributed by atoms with Gasteiger partial charge in [-0.1, -0.05) is 0 Å². The van der Waals surface area contributed by atoms with Crippen LogP contribution in [0.1, 0.15) is 11.4 Å². The topological polar surface area (TPSA) is 70.4 Å². The summed E-state index contributed by atoms with van der Waals surface area (Å²) >= 11 is 0. The van der Waals surface area contributed by atoms with Gasteiger partial charge in [0.15, 0.2) is 0 Å². The molecule has 1 aromatic heterocycles. The summed E-state index contributed by atoms with van der Waals surface area (Å²) in [6.45, 7) is 2.62. The summed E-state index contributed by atoms with van der Waals surface area (Å²) in [4.78, 5) is 18.2. The number of hydrogen-bond acceptors (Lipinski definition) is 4. The molecule has 0 spiro atoms. The highest BCUT2D eigenvalue weighted by Gasteiger charge is 2.14. The minimum atomic E-state index is -0.336. The molecule has 6 nitrogen and oxygen atoms in total. The minimum absolute atomic E-state index is 0.0483. The second-order valence-corrected chi connectivity index (χ2v) is 5.40. The van der Waals surface area contributed by atoms with E-state index in [0.717, 1.165) is 5.82 Å². The largest absolute Gasteiger partial charge is 0.395 e. The lowest BCUT2D eigenvalue weighted by Crippen LogP contribution is -2.35. The lowest BCUT2D eigenvalue weighted by atomic mass is 10.2. The third-order valence-electron chi connectivity index (χ3n) is 3.53. The third kappa shape index (κ3) is 4.87. The molecule has 0 aliphatic carbocycles. The number of aliphatic hydroxyl groups excluding tert-OH is 1. The Hall–Kier alpha value is -2.25. The van der Waals surface area contributed by atoms with Gasteiger partial charge in [0.25, 0.3) is 0 Å². The van der Waals surface area contributed by atoms with E-state index in [4.69, 9.17) is 5.11 Å². The van der Waals surface area contributed by atoms with Crippen molar-refractivity contribution in [3.63, 3.8) is 0 Å². The average Bonchev–Trinajstić information content (AvgIpc) is 2.87. The summed E-state index contributed by atoms with van der Waals surface area (Å²) in [5, 5.41) is 11.9. The maximum atomic E-state index is 13.1. The summed E-state index contributed by atoms with van der Waals surface area (Å²) in [5.41, 5.74) is 1.24. The molecule has 1 heterocycles. The number of benzene rings is 1. The molecule has 1 aromatic carbocycles. The molecule has 7 heteroatoms. The quantitative estimate of drug-likeness (QED) is 0.807. The van der Waals surface area contributed by atoms with Crippen molar-refractivity contribution in [2.45, 2.75) is 13.5 Å². The highest BCUT2D eigenvalue weighted by atomic mass is 19.1. The van der Waals surface area contributed by atoms with Crippen LogP contribution in [0.3, 0.4) is 0 Å². The van der Waals surface area contributed by atoms with Crippen LogP contribution in [0.5, 0.6) is 0 Å². The predicted molar refractivity (Wildman–Crippen MR) is 85.3 cm³/mol. The summed E-state index contributed by atoms with van der Waals surface area (Å²) in [7, 11) is 1.88. The number of carbonyl (C=O) groups excluding carboxylic acids is 1. The Labute approximate surface area is 134 Å². The number of aryl methyl sites for hydroxylation is 2. The fourth-order valence-corrected chi connectivity index (χ4v) is 2.26. The van der Waals surface area contributed by atoms with Crippen LogP contribution < -0.4 is 5.32 Å². The van der Waals surface area contributed by atoms with Gasteiger partial charge in [-0.25, -0.2) is 9.37 Å². The molecule has 0 saturated carbocycles. The Morgan fingerprint density at radius 1 is 1.48 bits per heavy atom. The van der Waals surface area contributed by atoms with Crippen LogP contribution in [-0.4, -0.2) is 45.2 Å². The number of aliphatic hydroxyl groups is 1. The number of amides is 1. The summed E-state index contributed by atoms with van der Waals surface area (Å²) < 4.78 is 15.0. The number of nitrogens with zero attached hydrogens (tertiary/aromatic N) is 3. The van der Waals surface area contributed by atoms with E-state index in [1.54, 1.807) is 18.0 Å². The van der Waals surface area contributed by atoms with Crippen LogP contribution in [-0.2, 0) is 18.4 Å². The molecule has 23 heavy (non-hydrogen) atoms. The van der Waals surface area contributed by atoms with E-state index in [-0.39, 0.29) is 24.9 Å². The highest BCUT2D eigenvalue weighted by molar-refractivity contribution is 5.92. The van der Waals surface area contributed by atoms with E-state index in [9.17, 15) is 9.18 Å². The Morgan fingerprint density at radius 2 is 2.26 bits per heavy atom. The molecular weight excluding hydrogens is 299 g/mol. The molecule has 2 aromatic rings. The monoisotopic (exact) mass is 320 g/mol. The van der Waals surface area contributed by atoms with Gasteiger partial charge < -0.3 is 15.0 Å². The fourth-order valence-electron chi connectivity index (χ4n) is 2.26. The Morgan fingerprint density at radius 3 is 2.87 bits per heavy atom. The first-order valence-electron chi connectivity index (χ1n) is 7.35. The number of aromatic nitrogens is 2. The number of anilines is 1. The van der Waals surface area contributed by atoms with E-state index in [2.05, 4.69) is 10.3 Å². The lowest BCUT2D eigenvalue weighted by molar-refractivity contribution is -0.117. The molecule has 2 N–H and O–H groups in total. The van der Waals surface area contributed by atoms with Crippen LogP contribution in [0.2, 0.25) is 0 Å². The fraction of sp³-hybridized carbons (Fsp3) is 0.375. The Balaban J connectivity index is 1.98. The van der Waals surface area contributed by atoms with Crippen molar-refractivity contribution >= 4 is 11.6 Å². The zero-order chi connectivity index (χ0) is 16.8. The molecule has 0 saturated heterocycles. The standard InChI is InChI=1S/C16H21FN4O2/c1-12-9-13(17)3-4-14(12)19-16(23)11-21(7-8-22)10-15-18-5-6-20(15)2/h3-6,9,22H,7-8,10-11H2,1-2H3,(H,19,23). The summed E-state index contributed by atoms with van der Waals surface area (Å²) in [6.07, 6.45) is 3.52. The van der Waals surface area contributed by atoms with Gasteiger partial charge in [-0.2, -0.15) is 0 Å². The van der Waals surface area contributed by atoms with Crippen LogP contribution in [0.4, 0.5) is 10.1 Å². The number of carbonyl (C=O) groups is 1. The van der Waals surface area contributed by atoms with Gasteiger partial charge in [0, 0.05) is 31.7 Å². The van der Waals surface area contributed by atoms with E-state index < -0.39 is 0 Å². The Bertz CT molecular complexity index is 672. The van der Waals surface area contributed by atoms with Crippen molar-refractivity contribution in [1.82, 2.24) is 14.5 Å². The zero-order valence-corrected chi connectivity index (χ0v) is 13.3. The number of rotatable bonds is 7. The van der Waals surface area contributed by atoms with Gasteiger partial charge in [0.2, 0.25) is 5.91 Å². The van der Waals surface area contributed by atoms with Crippen molar-refractivity contribution in [2.75, 3.05) is 25.0 Å². The van der Waals surface area contributed by atoms with Crippen molar-refractivity contribution in [2.24, 2.45) is 7.05 Å². The molecule has 2 rings (SSSR count). The normalized spacial score (nSPS) is 11.0. The van der Waals surface area contributed by atoms with Crippen LogP contribution in [0.25, 0.3) is 0 Å². The van der Waals surface area contributed by atoms with Crippen molar-refractivity contribution in [3.05, 3.63) is 47.8 Å². The van der Waals surface area contributed by atoms with Gasteiger partial charge in [-0.15, -0.1) is 0 Å². The third-order valence-corrected chi connectivity index (χ3v) is 3.53. The van der Waals surface area contributed by atoms with Crippen LogP contribution in [0.15, 0.2) is 30.6 Å². The molecule has 0 aliphatic rings. The molecule has 0 radical (unpaired) electrons. The number of hydrogen-bond donors (Lipinski definition) is 2. The van der Waals surface area contributed by atoms with E-state index in [0.29, 0.717) is 24.3 Å². The number of imidazole rings is 1. The molecule has 0 bridgehead atoms. The average molecular weight is 320 g/mol.